The van der Waals surface area contributed by atoms with E-state index in [9.17, 15) is 4.79 Å². The zero-order valence-corrected chi connectivity index (χ0v) is 19.1. The third-order valence-electron chi connectivity index (χ3n) is 5.00. The molecular formula is C23H21Cl2N5O2. The first kappa shape index (κ1) is 21.9. The van der Waals surface area contributed by atoms with Crippen molar-refractivity contribution in [2.75, 3.05) is 0 Å². The van der Waals surface area contributed by atoms with Crippen LogP contribution in [0.2, 0.25) is 10.0 Å². The van der Waals surface area contributed by atoms with Gasteiger partial charge in [-0.05, 0) is 44.2 Å². The monoisotopic (exact) mass is 469 g/mol. The van der Waals surface area contributed by atoms with Crippen LogP contribution < -0.4 is 10.1 Å². The molecule has 0 aliphatic rings. The predicted octanol–water partition coefficient (Wildman–Crippen LogP) is 4.96. The summed E-state index contributed by atoms with van der Waals surface area (Å²) in [4.78, 5) is 12.6. The van der Waals surface area contributed by atoms with Crippen molar-refractivity contribution in [1.29, 1.82) is 0 Å². The summed E-state index contributed by atoms with van der Waals surface area (Å²) >= 11 is 12.2. The quantitative estimate of drug-likeness (QED) is 0.415. The Labute approximate surface area is 195 Å². The number of nitrogens with zero attached hydrogens (tertiary/aromatic N) is 4. The van der Waals surface area contributed by atoms with Crippen LogP contribution >= 0.6 is 23.2 Å². The summed E-state index contributed by atoms with van der Waals surface area (Å²) < 4.78 is 9.02. The normalized spacial score (nSPS) is 10.9. The van der Waals surface area contributed by atoms with Crippen molar-refractivity contribution in [3.8, 4) is 11.4 Å². The highest BCUT2D eigenvalue weighted by Crippen LogP contribution is 2.32. The van der Waals surface area contributed by atoms with E-state index in [0.717, 1.165) is 22.6 Å². The molecule has 1 amide bonds. The van der Waals surface area contributed by atoms with Crippen molar-refractivity contribution in [3.63, 3.8) is 0 Å². The van der Waals surface area contributed by atoms with Gasteiger partial charge in [-0.15, -0.1) is 0 Å². The topological polar surface area (TPSA) is 74.0 Å². The van der Waals surface area contributed by atoms with Gasteiger partial charge in [0.15, 0.2) is 12.5 Å². The largest absolute Gasteiger partial charge is 0.468 e. The van der Waals surface area contributed by atoms with Crippen molar-refractivity contribution in [3.05, 3.63) is 93.5 Å². The molecule has 7 nitrogen and oxygen atoms in total. The molecule has 2 aromatic heterocycles. The molecular weight excluding hydrogens is 449 g/mol. The number of amides is 1. The number of benzene rings is 2. The Balaban J connectivity index is 1.39. The van der Waals surface area contributed by atoms with Crippen molar-refractivity contribution < 1.29 is 9.53 Å². The maximum Gasteiger partial charge on any atom is 0.272 e. The number of carbonyl (C=O) groups is 1. The van der Waals surface area contributed by atoms with Gasteiger partial charge in [-0.2, -0.15) is 10.2 Å². The fourth-order valence-corrected chi connectivity index (χ4v) is 3.82. The number of rotatable bonds is 7. The maximum absolute atomic E-state index is 12.6. The zero-order chi connectivity index (χ0) is 22.7. The van der Waals surface area contributed by atoms with Crippen LogP contribution in [-0.4, -0.2) is 25.5 Å². The molecule has 0 saturated carbocycles. The minimum atomic E-state index is -0.286. The van der Waals surface area contributed by atoms with Crippen LogP contribution in [0.5, 0.6) is 5.75 Å². The minimum Gasteiger partial charge on any atom is -0.468 e. The molecule has 2 aromatic carbocycles. The van der Waals surface area contributed by atoms with E-state index in [0.29, 0.717) is 22.3 Å². The summed E-state index contributed by atoms with van der Waals surface area (Å²) in [7, 11) is 0. The molecule has 0 unspecified atom stereocenters. The first-order valence-corrected chi connectivity index (χ1v) is 10.7. The summed E-state index contributed by atoms with van der Waals surface area (Å²) in [5, 5.41) is 12.6. The Hall–Kier alpha value is -3.29. The van der Waals surface area contributed by atoms with E-state index < -0.39 is 0 Å². The van der Waals surface area contributed by atoms with Crippen LogP contribution in [0.15, 0.2) is 60.8 Å². The number of halogens is 2. The summed E-state index contributed by atoms with van der Waals surface area (Å²) in [6.45, 7) is 4.33. The number of para-hydroxylation sites is 2. The second-order valence-corrected chi connectivity index (χ2v) is 7.96. The van der Waals surface area contributed by atoms with E-state index >= 15 is 0 Å². The lowest BCUT2D eigenvalue weighted by atomic mass is 10.2. The Morgan fingerprint density at radius 3 is 2.44 bits per heavy atom. The van der Waals surface area contributed by atoms with Crippen molar-refractivity contribution >= 4 is 29.1 Å². The average molecular weight is 470 g/mol. The van der Waals surface area contributed by atoms with Crippen LogP contribution in [0.25, 0.3) is 5.69 Å². The summed E-state index contributed by atoms with van der Waals surface area (Å²) in [6.07, 6.45) is 1.66. The smallest absolute Gasteiger partial charge is 0.272 e. The van der Waals surface area contributed by atoms with Gasteiger partial charge in [0.25, 0.3) is 5.91 Å². The second kappa shape index (κ2) is 9.46. The molecule has 0 saturated heterocycles. The molecule has 0 spiro atoms. The lowest BCUT2D eigenvalue weighted by Gasteiger charge is -2.09. The molecule has 0 radical (unpaired) electrons. The maximum atomic E-state index is 12.6. The highest BCUT2D eigenvalue weighted by Gasteiger charge is 2.16. The van der Waals surface area contributed by atoms with E-state index in [1.54, 1.807) is 30.5 Å². The van der Waals surface area contributed by atoms with Gasteiger partial charge in [0, 0.05) is 24.0 Å². The number of aromatic nitrogens is 4. The van der Waals surface area contributed by atoms with E-state index in [1.165, 1.54) is 4.68 Å². The first-order chi connectivity index (χ1) is 15.4. The van der Waals surface area contributed by atoms with Crippen LogP contribution in [-0.2, 0) is 13.3 Å². The Morgan fingerprint density at radius 2 is 1.72 bits per heavy atom. The number of hydrogen-bond acceptors (Lipinski definition) is 4. The van der Waals surface area contributed by atoms with E-state index in [-0.39, 0.29) is 18.3 Å². The molecule has 0 fully saturated rings. The molecule has 0 aliphatic carbocycles. The first-order valence-electron chi connectivity index (χ1n) is 9.93. The fourth-order valence-electron chi connectivity index (χ4n) is 3.32. The van der Waals surface area contributed by atoms with E-state index in [1.807, 2.05) is 48.9 Å². The van der Waals surface area contributed by atoms with Gasteiger partial charge in [0.1, 0.15) is 5.69 Å². The highest BCUT2D eigenvalue weighted by atomic mass is 35.5. The number of ether oxygens (including phenoxy) is 1. The Kier molecular flexibility index (Phi) is 6.48. The minimum absolute atomic E-state index is 0.0682. The third-order valence-corrected chi connectivity index (χ3v) is 5.60. The van der Waals surface area contributed by atoms with Crippen LogP contribution in [0.1, 0.15) is 27.4 Å². The molecule has 1 N–H and O–H groups in total. The summed E-state index contributed by atoms with van der Waals surface area (Å²) in [5.74, 6) is 0.0875. The van der Waals surface area contributed by atoms with Crippen molar-refractivity contribution in [2.24, 2.45) is 0 Å². The second-order valence-electron chi connectivity index (χ2n) is 7.14. The lowest BCUT2D eigenvalue weighted by molar-refractivity contribution is 0.0943. The van der Waals surface area contributed by atoms with Crippen molar-refractivity contribution in [2.45, 2.75) is 27.1 Å². The molecule has 0 aliphatic heterocycles. The molecule has 32 heavy (non-hydrogen) atoms. The van der Waals surface area contributed by atoms with E-state index in [4.69, 9.17) is 27.9 Å². The van der Waals surface area contributed by atoms with Gasteiger partial charge in [0.05, 0.1) is 21.4 Å². The van der Waals surface area contributed by atoms with Gasteiger partial charge in [-0.25, -0.2) is 9.36 Å². The molecule has 4 aromatic rings. The molecule has 2 heterocycles. The van der Waals surface area contributed by atoms with Gasteiger partial charge >= 0.3 is 0 Å². The fraction of sp³-hybridized carbons (Fsp3) is 0.174. The van der Waals surface area contributed by atoms with E-state index in [2.05, 4.69) is 15.5 Å². The number of carbonyl (C=O) groups excluding carboxylic acids is 1. The molecule has 164 valence electrons. The predicted molar refractivity (Wildman–Crippen MR) is 124 cm³/mol. The zero-order valence-electron chi connectivity index (χ0n) is 17.5. The Morgan fingerprint density at radius 1 is 1.00 bits per heavy atom. The van der Waals surface area contributed by atoms with Crippen LogP contribution in [0.3, 0.4) is 0 Å². The SMILES string of the molecule is Cc1nn(-c2ccccc2)c(C)c1CNC(=O)c1ccn(COc2c(Cl)cccc2Cl)n1. The van der Waals surface area contributed by atoms with Gasteiger partial charge in [-0.3, -0.25) is 4.79 Å². The molecule has 4 rings (SSSR count). The summed E-state index contributed by atoms with van der Waals surface area (Å²) in [6, 6.07) is 16.6. The number of hydrogen-bond donors (Lipinski definition) is 1. The van der Waals surface area contributed by atoms with Crippen molar-refractivity contribution in [1.82, 2.24) is 24.9 Å². The molecule has 9 heteroatoms. The average Bonchev–Trinajstić information content (AvgIpc) is 3.37. The third kappa shape index (κ3) is 4.64. The summed E-state index contributed by atoms with van der Waals surface area (Å²) in [5.41, 5.74) is 4.07. The highest BCUT2D eigenvalue weighted by molar-refractivity contribution is 6.37. The number of aryl methyl sites for hydroxylation is 1. The van der Waals surface area contributed by atoms with Gasteiger partial charge in [0.2, 0.25) is 0 Å². The van der Waals surface area contributed by atoms with Crippen LogP contribution in [0, 0.1) is 13.8 Å². The molecule has 0 bridgehead atoms. The molecule has 0 atom stereocenters. The Bertz CT molecular complexity index is 1230. The van der Waals surface area contributed by atoms with Gasteiger partial charge in [-0.1, -0.05) is 47.5 Å². The standard InChI is InChI=1S/C23H21Cl2N5O2/c1-15-18(16(2)30(27-15)17-7-4-3-5-8-17)13-26-23(31)21-11-12-29(28-21)14-32-22-19(24)9-6-10-20(22)25/h3-12H,13-14H2,1-2H3,(H,26,31). The lowest BCUT2D eigenvalue weighted by Crippen LogP contribution is -2.24. The van der Waals surface area contributed by atoms with Crippen LogP contribution in [0.4, 0.5) is 0 Å². The number of nitrogens with one attached hydrogen (secondary N) is 1. The van der Waals surface area contributed by atoms with Gasteiger partial charge < -0.3 is 10.1 Å².